The lowest BCUT2D eigenvalue weighted by atomic mass is 10.1. The maximum Gasteiger partial charge on any atom is 0.116 e. The van der Waals surface area contributed by atoms with Crippen molar-refractivity contribution in [2.24, 2.45) is 0 Å². The lowest BCUT2D eigenvalue weighted by Crippen LogP contribution is -1.97. The average Bonchev–Trinajstić information content (AvgIpc) is 2.95. The molecule has 3 aromatic rings. The first-order valence-electron chi connectivity index (χ1n) is 5.14. The minimum atomic E-state index is -0.549. The standard InChI is InChI=1S/C13H9BrOS2/c14-10-5-7-17-13(10)11(15)9-3-1-2-8-4-6-16-12(8)9/h1-7,11,15H. The molecule has 0 spiro atoms. The molecule has 3 rings (SSSR count). The summed E-state index contributed by atoms with van der Waals surface area (Å²) in [6.07, 6.45) is -0.549. The van der Waals surface area contributed by atoms with Crippen LogP contribution in [0.5, 0.6) is 0 Å². The maximum absolute atomic E-state index is 10.5. The Balaban J connectivity index is 2.15. The molecule has 17 heavy (non-hydrogen) atoms. The number of fused-ring (bicyclic) bond motifs is 1. The molecule has 1 aromatic carbocycles. The quantitative estimate of drug-likeness (QED) is 0.717. The zero-order valence-corrected chi connectivity index (χ0v) is 12.0. The average molecular weight is 325 g/mol. The van der Waals surface area contributed by atoms with Crippen LogP contribution in [0.2, 0.25) is 0 Å². The van der Waals surface area contributed by atoms with Gasteiger partial charge in [0, 0.05) is 14.7 Å². The number of aliphatic hydroxyl groups excluding tert-OH is 1. The topological polar surface area (TPSA) is 20.2 Å². The Kier molecular flexibility index (Phi) is 3.04. The number of hydrogen-bond donors (Lipinski definition) is 1. The van der Waals surface area contributed by atoms with Crippen LogP contribution in [0.4, 0.5) is 0 Å². The molecule has 0 bridgehead atoms. The summed E-state index contributed by atoms with van der Waals surface area (Å²) in [5.41, 5.74) is 0.987. The van der Waals surface area contributed by atoms with Crippen LogP contribution in [0.25, 0.3) is 10.1 Å². The van der Waals surface area contributed by atoms with Crippen LogP contribution in [-0.4, -0.2) is 5.11 Å². The highest BCUT2D eigenvalue weighted by molar-refractivity contribution is 9.10. The number of hydrogen-bond acceptors (Lipinski definition) is 3. The van der Waals surface area contributed by atoms with E-state index in [-0.39, 0.29) is 0 Å². The Hall–Kier alpha value is -0.680. The van der Waals surface area contributed by atoms with Gasteiger partial charge in [-0.25, -0.2) is 0 Å². The first-order valence-corrected chi connectivity index (χ1v) is 7.69. The second-order valence-corrected chi connectivity index (χ2v) is 6.44. The molecule has 0 amide bonds. The van der Waals surface area contributed by atoms with Gasteiger partial charge in [0.2, 0.25) is 0 Å². The van der Waals surface area contributed by atoms with Gasteiger partial charge < -0.3 is 5.11 Å². The van der Waals surface area contributed by atoms with Gasteiger partial charge in [0.05, 0.1) is 4.88 Å². The second-order valence-electron chi connectivity index (χ2n) is 3.72. The van der Waals surface area contributed by atoms with Crippen molar-refractivity contribution in [3.63, 3.8) is 0 Å². The van der Waals surface area contributed by atoms with E-state index in [1.165, 1.54) is 10.1 Å². The van der Waals surface area contributed by atoms with Gasteiger partial charge in [-0.1, -0.05) is 18.2 Å². The van der Waals surface area contributed by atoms with E-state index in [1.54, 1.807) is 22.7 Å². The zero-order chi connectivity index (χ0) is 11.8. The predicted molar refractivity (Wildman–Crippen MR) is 77.9 cm³/mol. The van der Waals surface area contributed by atoms with Crippen LogP contribution in [0.1, 0.15) is 16.5 Å². The molecule has 4 heteroatoms. The lowest BCUT2D eigenvalue weighted by Gasteiger charge is -2.11. The van der Waals surface area contributed by atoms with Crippen LogP contribution in [0, 0.1) is 0 Å². The molecule has 86 valence electrons. The van der Waals surface area contributed by atoms with Crippen molar-refractivity contribution in [2.45, 2.75) is 6.10 Å². The highest BCUT2D eigenvalue weighted by Crippen LogP contribution is 2.37. The number of aliphatic hydroxyl groups is 1. The molecule has 0 radical (unpaired) electrons. The Bertz CT molecular complexity index is 656. The summed E-state index contributed by atoms with van der Waals surface area (Å²) in [5, 5.41) is 15.7. The third-order valence-corrected chi connectivity index (χ3v) is 5.60. The fourth-order valence-corrected chi connectivity index (χ4v) is 4.40. The number of halogens is 1. The second kappa shape index (κ2) is 4.53. The summed E-state index contributed by atoms with van der Waals surface area (Å²) in [5.74, 6) is 0. The SMILES string of the molecule is OC(c1sccc1Br)c1cccc2ccsc12. The van der Waals surface area contributed by atoms with Crippen molar-refractivity contribution in [1.29, 1.82) is 0 Å². The molecule has 1 atom stereocenters. The molecule has 2 aromatic heterocycles. The number of rotatable bonds is 2. The van der Waals surface area contributed by atoms with Crippen LogP contribution in [-0.2, 0) is 0 Å². The third-order valence-electron chi connectivity index (χ3n) is 2.70. The Labute approximate surface area is 115 Å². The minimum absolute atomic E-state index is 0.549. The molecule has 1 N–H and O–H groups in total. The van der Waals surface area contributed by atoms with Gasteiger partial charge in [0.1, 0.15) is 6.10 Å². The van der Waals surface area contributed by atoms with Crippen molar-refractivity contribution >= 4 is 48.7 Å². The van der Waals surface area contributed by atoms with Crippen molar-refractivity contribution in [3.8, 4) is 0 Å². The van der Waals surface area contributed by atoms with E-state index in [2.05, 4.69) is 33.4 Å². The monoisotopic (exact) mass is 324 g/mol. The molecule has 1 unspecified atom stereocenters. The molecule has 0 saturated carbocycles. The molecule has 0 fully saturated rings. The van der Waals surface area contributed by atoms with Crippen LogP contribution in [0.15, 0.2) is 45.6 Å². The van der Waals surface area contributed by atoms with E-state index in [0.717, 1.165) is 14.9 Å². The van der Waals surface area contributed by atoms with Gasteiger partial charge in [0.15, 0.2) is 0 Å². The summed E-state index contributed by atoms with van der Waals surface area (Å²) in [7, 11) is 0. The molecule has 0 aliphatic rings. The van der Waals surface area contributed by atoms with E-state index >= 15 is 0 Å². The Morgan fingerprint density at radius 2 is 1.88 bits per heavy atom. The highest BCUT2D eigenvalue weighted by Gasteiger charge is 2.17. The van der Waals surface area contributed by atoms with Gasteiger partial charge in [-0.2, -0.15) is 0 Å². The van der Waals surface area contributed by atoms with E-state index < -0.39 is 6.10 Å². The van der Waals surface area contributed by atoms with Crippen molar-refractivity contribution in [1.82, 2.24) is 0 Å². The fraction of sp³-hybridized carbons (Fsp3) is 0.0769. The molecule has 1 nitrogen and oxygen atoms in total. The molecule has 0 aliphatic heterocycles. The summed E-state index contributed by atoms with van der Waals surface area (Å²) < 4.78 is 2.14. The summed E-state index contributed by atoms with van der Waals surface area (Å²) in [6.45, 7) is 0. The zero-order valence-electron chi connectivity index (χ0n) is 8.76. The predicted octanol–water partition coefficient (Wildman–Crippen LogP) is 4.81. The largest absolute Gasteiger partial charge is 0.383 e. The fourth-order valence-electron chi connectivity index (χ4n) is 1.87. The Morgan fingerprint density at radius 1 is 1.06 bits per heavy atom. The van der Waals surface area contributed by atoms with Gasteiger partial charge in [0.25, 0.3) is 0 Å². The van der Waals surface area contributed by atoms with Gasteiger partial charge in [-0.15, -0.1) is 22.7 Å². The van der Waals surface area contributed by atoms with Crippen LogP contribution in [0.3, 0.4) is 0 Å². The molecule has 0 saturated heterocycles. The Morgan fingerprint density at radius 3 is 2.65 bits per heavy atom. The number of thiophene rings is 2. The first kappa shape index (κ1) is 11.4. The molecule has 0 aliphatic carbocycles. The molecular formula is C13H9BrOS2. The van der Waals surface area contributed by atoms with E-state index in [1.807, 2.05) is 23.6 Å². The highest BCUT2D eigenvalue weighted by atomic mass is 79.9. The molecule has 2 heterocycles. The smallest absolute Gasteiger partial charge is 0.116 e. The van der Waals surface area contributed by atoms with Crippen molar-refractivity contribution in [3.05, 3.63) is 56.0 Å². The van der Waals surface area contributed by atoms with Gasteiger partial charge >= 0.3 is 0 Å². The van der Waals surface area contributed by atoms with Crippen molar-refractivity contribution < 1.29 is 5.11 Å². The summed E-state index contributed by atoms with van der Waals surface area (Å²) >= 11 is 6.72. The van der Waals surface area contributed by atoms with E-state index in [9.17, 15) is 5.11 Å². The number of benzene rings is 1. The van der Waals surface area contributed by atoms with E-state index in [0.29, 0.717) is 0 Å². The van der Waals surface area contributed by atoms with Crippen LogP contribution >= 0.6 is 38.6 Å². The third kappa shape index (κ3) is 1.95. The molecular weight excluding hydrogens is 316 g/mol. The maximum atomic E-state index is 10.5. The first-order chi connectivity index (χ1) is 8.27. The summed E-state index contributed by atoms with van der Waals surface area (Å²) in [6, 6.07) is 10.1. The van der Waals surface area contributed by atoms with E-state index in [4.69, 9.17) is 0 Å². The van der Waals surface area contributed by atoms with Gasteiger partial charge in [-0.05, 0) is 44.2 Å². The van der Waals surface area contributed by atoms with Gasteiger partial charge in [-0.3, -0.25) is 0 Å². The lowest BCUT2D eigenvalue weighted by molar-refractivity contribution is 0.225. The minimum Gasteiger partial charge on any atom is -0.383 e. The van der Waals surface area contributed by atoms with Crippen molar-refractivity contribution in [2.75, 3.05) is 0 Å². The normalized spacial score (nSPS) is 13.1. The van der Waals surface area contributed by atoms with Crippen LogP contribution < -0.4 is 0 Å². The summed E-state index contributed by atoms with van der Waals surface area (Å²) in [4.78, 5) is 0.964.